The summed E-state index contributed by atoms with van der Waals surface area (Å²) in [4.78, 5) is 31.2. The van der Waals surface area contributed by atoms with Crippen LogP contribution in [-0.4, -0.2) is 64.9 Å². The average molecular weight is 314 g/mol. The molecule has 2 bridgehead atoms. The van der Waals surface area contributed by atoms with E-state index in [2.05, 4.69) is 4.98 Å². The van der Waals surface area contributed by atoms with E-state index in [0.717, 1.165) is 17.5 Å². The van der Waals surface area contributed by atoms with Crippen molar-refractivity contribution in [3.63, 3.8) is 0 Å². The Morgan fingerprint density at radius 1 is 1.48 bits per heavy atom. The van der Waals surface area contributed by atoms with Gasteiger partial charge in [0.05, 0.1) is 6.04 Å². The Hall–Kier alpha value is -2.58. The van der Waals surface area contributed by atoms with Crippen molar-refractivity contribution in [3.8, 4) is 0 Å². The van der Waals surface area contributed by atoms with Gasteiger partial charge < -0.3 is 19.0 Å². The topological polar surface area (TPSA) is 91.5 Å². The van der Waals surface area contributed by atoms with Crippen molar-refractivity contribution >= 4 is 25.5 Å². The standard InChI is InChI=1S/C14H17BN5O3/c1-18-6-9(5-17-13(18)21)11-3-10(4-15-23-8-16)20-7-12(11)19(2)14(20)22/h3,5-6,8,10,12,16H,4,7H2,1-2H3/t10-,12?/m0/s1. The maximum absolute atomic E-state index is 12.4. The van der Waals surface area contributed by atoms with Gasteiger partial charge in [-0.3, -0.25) is 5.41 Å². The van der Waals surface area contributed by atoms with E-state index < -0.39 is 0 Å². The normalized spacial score (nSPS) is 22.9. The van der Waals surface area contributed by atoms with Gasteiger partial charge >= 0.3 is 19.2 Å². The lowest BCUT2D eigenvalue weighted by atomic mass is 9.84. The van der Waals surface area contributed by atoms with E-state index in [1.54, 1.807) is 36.3 Å². The highest BCUT2D eigenvalue weighted by atomic mass is 16.4. The molecule has 8 nitrogen and oxygen atoms in total. The van der Waals surface area contributed by atoms with Crippen LogP contribution in [0.2, 0.25) is 6.32 Å². The minimum atomic E-state index is -0.313. The van der Waals surface area contributed by atoms with E-state index in [1.807, 2.05) is 6.08 Å². The van der Waals surface area contributed by atoms with Crippen LogP contribution in [0.3, 0.4) is 0 Å². The summed E-state index contributed by atoms with van der Waals surface area (Å²) in [5.41, 5.74) is 1.49. The Labute approximate surface area is 134 Å². The fourth-order valence-corrected chi connectivity index (χ4v) is 3.06. The lowest BCUT2D eigenvalue weighted by molar-refractivity contribution is 0.193. The number of carbonyl (C=O) groups excluding carboxylic acids is 1. The molecule has 0 aliphatic carbocycles. The molecule has 9 heteroatoms. The lowest BCUT2D eigenvalue weighted by Gasteiger charge is -2.29. The van der Waals surface area contributed by atoms with E-state index >= 15 is 0 Å². The number of nitrogens with zero attached hydrogens (tertiary/aromatic N) is 4. The Morgan fingerprint density at radius 2 is 2.26 bits per heavy atom. The van der Waals surface area contributed by atoms with Gasteiger partial charge in [-0.25, -0.2) is 14.6 Å². The first kappa shape index (κ1) is 15.3. The first-order valence-electron chi connectivity index (χ1n) is 7.27. The van der Waals surface area contributed by atoms with Gasteiger partial charge in [0.15, 0.2) is 0 Å². The second-order valence-electron chi connectivity index (χ2n) is 5.64. The molecule has 3 heterocycles. The van der Waals surface area contributed by atoms with Gasteiger partial charge in [-0.05, 0) is 11.9 Å². The molecule has 1 fully saturated rings. The third-order valence-corrected chi connectivity index (χ3v) is 4.30. The molecule has 2 aliphatic heterocycles. The van der Waals surface area contributed by atoms with Gasteiger partial charge in [0, 0.05) is 44.6 Å². The molecular formula is C14H17BN5O3. The zero-order chi connectivity index (χ0) is 16.6. The first-order valence-corrected chi connectivity index (χ1v) is 7.27. The van der Waals surface area contributed by atoms with E-state index in [9.17, 15) is 9.59 Å². The van der Waals surface area contributed by atoms with E-state index in [4.69, 9.17) is 10.1 Å². The number of fused-ring (bicyclic) bond motifs is 2. The van der Waals surface area contributed by atoms with Crippen molar-refractivity contribution in [3.05, 3.63) is 34.5 Å². The van der Waals surface area contributed by atoms with Gasteiger partial charge in [-0.1, -0.05) is 6.08 Å². The van der Waals surface area contributed by atoms with Gasteiger partial charge in [0.2, 0.25) is 0 Å². The van der Waals surface area contributed by atoms with Crippen molar-refractivity contribution in [2.75, 3.05) is 13.6 Å². The van der Waals surface area contributed by atoms with Crippen LogP contribution in [0.4, 0.5) is 4.79 Å². The Kier molecular flexibility index (Phi) is 3.93. The molecule has 1 aromatic heterocycles. The van der Waals surface area contributed by atoms with Gasteiger partial charge in [0.1, 0.15) is 6.40 Å². The number of hydrogen-bond donors (Lipinski definition) is 1. The fraction of sp³-hybridized carbons (Fsp3) is 0.429. The third kappa shape index (κ3) is 2.62. The number of rotatable bonds is 5. The molecule has 1 N–H and O–H groups in total. The molecular weight excluding hydrogens is 297 g/mol. The molecule has 1 aromatic rings. The molecule has 2 aliphatic rings. The van der Waals surface area contributed by atoms with Crippen LogP contribution in [0.5, 0.6) is 0 Å². The van der Waals surface area contributed by atoms with Crippen LogP contribution in [-0.2, 0) is 11.7 Å². The van der Waals surface area contributed by atoms with E-state index in [1.165, 1.54) is 12.0 Å². The molecule has 1 unspecified atom stereocenters. The van der Waals surface area contributed by atoms with E-state index in [-0.39, 0.29) is 23.8 Å². The summed E-state index contributed by atoms with van der Waals surface area (Å²) in [6.45, 7) is 0.590. The SMILES string of the molecule is CN1C(=O)N2CC1C(c1cnc(=O)n(C)c1)=C[C@H]2C[B]OC=N. The number of likely N-dealkylation sites (N-methyl/N-ethyl adjacent to an activating group) is 1. The molecule has 2 amide bonds. The quantitative estimate of drug-likeness (QED) is 0.357. The van der Waals surface area contributed by atoms with Crippen LogP contribution in [0.1, 0.15) is 5.56 Å². The number of nitrogens with one attached hydrogen (secondary N) is 1. The van der Waals surface area contributed by atoms with Gasteiger partial charge in [-0.15, -0.1) is 0 Å². The Morgan fingerprint density at radius 3 is 2.96 bits per heavy atom. The third-order valence-electron chi connectivity index (χ3n) is 4.30. The molecule has 0 aromatic carbocycles. The lowest BCUT2D eigenvalue weighted by Crippen LogP contribution is -2.39. The second-order valence-corrected chi connectivity index (χ2v) is 5.64. The summed E-state index contributed by atoms with van der Waals surface area (Å²) in [5.74, 6) is 0. The van der Waals surface area contributed by atoms with E-state index in [0.29, 0.717) is 12.9 Å². The minimum absolute atomic E-state index is 0.0349. The zero-order valence-corrected chi connectivity index (χ0v) is 13.0. The van der Waals surface area contributed by atoms with Crippen molar-refractivity contribution in [1.29, 1.82) is 5.41 Å². The second kappa shape index (κ2) is 5.90. The number of hydrogen-bond acceptors (Lipinski definition) is 5. The molecule has 2 atom stereocenters. The molecule has 0 saturated carbocycles. The van der Waals surface area contributed by atoms with Crippen molar-refractivity contribution in [1.82, 2.24) is 19.4 Å². The maximum Gasteiger partial charge on any atom is 0.373 e. The summed E-state index contributed by atoms with van der Waals surface area (Å²) in [5, 5.41) is 6.89. The molecule has 0 spiro atoms. The molecule has 119 valence electrons. The average Bonchev–Trinajstić information content (AvgIpc) is 2.79. The minimum Gasteiger partial charge on any atom is -0.556 e. The Balaban J connectivity index is 1.96. The van der Waals surface area contributed by atoms with Crippen LogP contribution >= 0.6 is 0 Å². The molecule has 23 heavy (non-hydrogen) atoms. The van der Waals surface area contributed by atoms with Crippen molar-refractivity contribution < 1.29 is 9.45 Å². The fourth-order valence-electron chi connectivity index (χ4n) is 3.06. The molecule has 1 radical (unpaired) electrons. The predicted octanol–water partition coefficient (Wildman–Crippen LogP) is -0.0569. The summed E-state index contributed by atoms with van der Waals surface area (Å²) in [6, 6.07) is -0.232. The predicted molar refractivity (Wildman–Crippen MR) is 85.3 cm³/mol. The Bertz CT molecular complexity index is 731. The summed E-state index contributed by atoms with van der Waals surface area (Å²) < 4.78 is 6.29. The highest BCUT2D eigenvalue weighted by Gasteiger charge is 2.43. The van der Waals surface area contributed by atoms with Crippen molar-refractivity contribution in [2.45, 2.75) is 18.4 Å². The van der Waals surface area contributed by atoms with Crippen LogP contribution in [0.25, 0.3) is 5.57 Å². The highest BCUT2D eigenvalue weighted by molar-refractivity contribution is 6.29. The largest absolute Gasteiger partial charge is 0.556 e. The zero-order valence-electron chi connectivity index (χ0n) is 13.0. The number of amides is 2. The first-order chi connectivity index (χ1) is 11.0. The summed E-state index contributed by atoms with van der Waals surface area (Å²) in [7, 11) is 4.94. The maximum atomic E-state index is 12.4. The van der Waals surface area contributed by atoms with Gasteiger partial charge in [0.25, 0.3) is 0 Å². The van der Waals surface area contributed by atoms with Crippen molar-refractivity contribution in [2.24, 2.45) is 7.05 Å². The highest BCUT2D eigenvalue weighted by Crippen LogP contribution is 2.34. The monoisotopic (exact) mass is 314 g/mol. The number of aromatic nitrogens is 2. The summed E-state index contributed by atoms with van der Waals surface area (Å²) in [6.07, 6.45) is 6.65. The smallest absolute Gasteiger partial charge is 0.373 e. The molecule has 3 rings (SSSR count). The van der Waals surface area contributed by atoms with Gasteiger partial charge in [-0.2, -0.15) is 0 Å². The number of carbonyl (C=O) groups is 1. The number of urea groups is 1. The molecule has 1 saturated heterocycles. The number of aryl methyl sites for hydroxylation is 1. The van der Waals surface area contributed by atoms with Crippen LogP contribution in [0, 0.1) is 5.41 Å². The van der Waals surface area contributed by atoms with Crippen LogP contribution in [0.15, 0.2) is 23.3 Å². The van der Waals surface area contributed by atoms with Crippen LogP contribution < -0.4 is 5.69 Å². The summed E-state index contributed by atoms with van der Waals surface area (Å²) >= 11 is 0.